The number of likely N-dealkylation sites (N-methyl/N-ethyl adjacent to an activating group) is 1. The standard InChI is InChI=1S/C17H19N3O2/c1-3-19-6-8-20(9-7-19)16-13-5-4-12(2)10-15(13)22-17(21)14(16)11-18/h4-5,10H,3,6-9H2,1-2H3. The van der Waals surface area contributed by atoms with Gasteiger partial charge in [-0.25, -0.2) is 4.79 Å². The molecule has 2 heterocycles. The first-order valence-corrected chi connectivity index (χ1v) is 7.59. The Morgan fingerprint density at radius 2 is 2.00 bits per heavy atom. The summed E-state index contributed by atoms with van der Waals surface area (Å²) in [5.74, 6) is 0. The van der Waals surface area contributed by atoms with Crippen molar-refractivity contribution in [3.05, 3.63) is 39.7 Å². The number of rotatable bonds is 2. The quantitative estimate of drug-likeness (QED) is 0.795. The molecule has 0 aliphatic carbocycles. The van der Waals surface area contributed by atoms with Crippen molar-refractivity contribution in [1.29, 1.82) is 5.26 Å². The van der Waals surface area contributed by atoms with Crippen LogP contribution in [-0.4, -0.2) is 37.6 Å². The Hall–Kier alpha value is -2.32. The molecule has 5 heteroatoms. The first-order chi connectivity index (χ1) is 10.6. The average Bonchev–Trinajstić information content (AvgIpc) is 2.53. The van der Waals surface area contributed by atoms with E-state index in [2.05, 4.69) is 16.7 Å². The largest absolute Gasteiger partial charge is 0.422 e. The van der Waals surface area contributed by atoms with Gasteiger partial charge in [-0.2, -0.15) is 5.26 Å². The van der Waals surface area contributed by atoms with Crippen molar-refractivity contribution in [2.75, 3.05) is 37.6 Å². The predicted octanol–water partition coefficient (Wildman–Crippen LogP) is 2.11. The molecule has 0 atom stereocenters. The Morgan fingerprint density at radius 1 is 1.27 bits per heavy atom. The van der Waals surface area contributed by atoms with Gasteiger partial charge < -0.3 is 14.2 Å². The molecule has 0 N–H and O–H groups in total. The van der Waals surface area contributed by atoms with Crippen molar-refractivity contribution in [3.8, 4) is 6.07 Å². The molecule has 0 unspecified atom stereocenters. The molecule has 0 spiro atoms. The summed E-state index contributed by atoms with van der Waals surface area (Å²) in [6.45, 7) is 8.63. The fourth-order valence-electron chi connectivity index (χ4n) is 3.01. The van der Waals surface area contributed by atoms with Gasteiger partial charge in [0.05, 0.1) is 5.69 Å². The number of anilines is 1. The molecule has 22 heavy (non-hydrogen) atoms. The fraction of sp³-hybridized carbons (Fsp3) is 0.412. The molecule has 0 bridgehead atoms. The number of fused-ring (bicyclic) bond motifs is 1. The Morgan fingerprint density at radius 3 is 2.64 bits per heavy atom. The third kappa shape index (κ3) is 2.46. The van der Waals surface area contributed by atoms with E-state index in [9.17, 15) is 10.1 Å². The van der Waals surface area contributed by atoms with Crippen molar-refractivity contribution < 1.29 is 4.42 Å². The third-order valence-corrected chi connectivity index (χ3v) is 4.28. The van der Waals surface area contributed by atoms with Crippen LogP contribution in [0.25, 0.3) is 11.0 Å². The monoisotopic (exact) mass is 297 g/mol. The number of piperazine rings is 1. The van der Waals surface area contributed by atoms with E-state index in [-0.39, 0.29) is 5.56 Å². The molecule has 1 aromatic heterocycles. The maximum absolute atomic E-state index is 12.1. The van der Waals surface area contributed by atoms with Gasteiger partial charge in [0.15, 0.2) is 5.56 Å². The van der Waals surface area contributed by atoms with Crippen LogP contribution in [0.5, 0.6) is 0 Å². The second-order valence-electron chi connectivity index (χ2n) is 5.65. The van der Waals surface area contributed by atoms with Gasteiger partial charge in [0, 0.05) is 31.6 Å². The Balaban J connectivity index is 2.15. The van der Waals surface area contributed by atoms with Gasteiger partial charge in [-0.15, -0.1) is 0 Å². The molecular formula is C17H19N3O2. The zero-order chi connectivity index (χ0) is 15.7. The van der Waals surface area contributed by atoms with E-state index in [1.165, 1.54) is 0 Å². The van der Waals surface area contributed by atoms with Crippen molar-refractivity contribution in [2.45, 2.75) is 13.8 Å². The number of hydrogen-bond acceptors (Lipinski definition) is 5. The maximum Gasteiger partial charge on any atom is 0.356 e. The van der Waals surface area contributed by atoms with Gasteiger partial charge in [-0.1, -0.05) is 13.0 Å². The summed E-state index contributed by atoms with van der Waals surface area (Å²) in [4.78, 5) is 16.6. The van der Waals surface area contributed by atoms with Gasteiger partial charge in [0.2, 0.25) is 0 Å². The number of nitriles is 1. The van der Waals surface area contributed by atoms with Crippen LogP contribution < -0.4 is 10.5 Å². The van der Waals surface area contributed by atoms with E-state index in [1.807, 2.05) is 31.2 Å². The van der Waals surface area contributed by atoms with Crippen molar-refractivity contribution in [1.82, 2.24) is 4.90 Å². The maximum atomic E-state index is 12.1. The van der Waals surface area contributed by atoms with E-state index in [1.54, 1.807) is 0 Å². The first-order valence-electron chi connectivity index (χ1n) is 7.59. The highest BCUT2D eigenvalue weighted by Crippen LogP contribution is 2.30. The highest BCUT2D eigenvalue weighted by Gasteiger charge is 2.23. The van der Waals surface area contributed by atoms with E-state index < -0.39 is 5.63 Å². The highest BCUT2D eigenvalue weighted by molar-refractivity contribution is 5.93. The van der Waals surface area contributed by atoms with Gasteiger partial charge in [-0.3, -0.25) is 0 Å². The average molecular weight is 297 g/mol. The minimum atomic E-state index is -0.548. The van der Waals surface area contributed by atoms with Gasteiger partial charge >= 0.3 is 5.63 Å². The molecule has 0 amide bonds. The Labute approximate surface area is 129 Å². The molecule has 1 aromatic carbocycles. The number of aryl methyl sites for hydroxylation is 1. The van der Waals surface area contributed by atoms with E-state index >= 15 is 0 Å². The fourth-order valence-corrected chi connectivity index (χ4v) is 3.01. The summed E-state index contributed by atoms with van der Waals surface area (Å²) in [7, 11) is 0. The molecule has 1 fully saturated rings. The molecule has 1 aliphatic heterocycles. The third-order valence-electron chi connectivity index (χ3n) is 4.28. The van der Waals surface area contributed by atoms with Crippen LogP contribution in [0.1, 0.15) is 18.1 Å². The number of nitrogens with zero attached hydrogens (tertiary/aromatic N) is 3. The second kappa shape index (κ2) is 5.82. The minimum Gasteiger partial charge on any atom is -0.422 e. The molecule has 1 saturated heterocycles. The van der Waals surface area contributed by atoms with Crippen molar-refractivity contribution in [2.24, 2.45) is 0 Å². The number of benzene rings is 1. The van der Waals surface area contributed by atoms with Crippen LogP contribution in [0.15, 0.2) is 27.4 Å². The van der Waals surface area contributed by atoms with Crippen molar-refractivity contribution in [3.63, 3.8) is 0 Å². The molecule has 0 radical (unpaired) electrons. The molecule has 5 nitrogen and oxygen atoms in total. The SMILES string of the molecule is CCN1CCN(c2c(C#N)c(=O)oc3cc(C)ccc23)CC1. The summed E-state index contributed by atoms with van der Waals surface area (Å²) in [6.07, 6.45) is 0. The molecule has 3 rings (SSSR count). The topological polar surface area (TPSA) is 60.5 Å². The van der Waals surface area contributed by atoms with Crippen LogP contribution in [-0.2, 0) is 0 Å². The summed E-state index contributed by atoms with van der Waals surface area (Å²) in [6, 6.07) is 7.80. The van der Waals surface area contributed by atoms with Gasteiger partial charge in [0.1, 0.15) is 11.7 Å². The lowest BCUT2D eigenvalue weighted by Crippen LogP contribution is -2.46. The Bertz CT molecular complexity index is 796. The summed E-state index contributed by atoms with van der Waals surface area (Å²) in [5, 5.41) is 10.2. The van der Waals surface area contributed by atoms with Crippen LogP contribution in [0.3, 0.4) is 0 Å². The lowest BCUT2D eigenvalue weighted by molar-refractivity contribution is 0.271. The van der Waals surface area contributed by atoms with Gasteiger partial charge in [-0.05, 0) is 31.2 Å². The van der Waals surface area contributed by atoms with Crippen LogP contribution in [0.2, 0.25) is 0 Å². The summed E-state index contributed by atoms with van der Waals surface area (Å²) in [5.41, 5.74) is 1.87. The van der Waals surface area contributed by atoms with E-state index in [0.717, 1.165) is 49.4 Å². The normalized spacial score (nSPS) is 16.0. The number of hydrogen-bond donors (Lipinski definition) is 0. The zero-order valence-corrected chi connectivity index (χ0v) is 12.9. The highest BCUT2D eigenvalue weighted by atomic mass is 16.4. The second-order valence-corrected chi connectivity index (χ2v) is 5.65. The van der Waals surface area contributed by atoms with Crippen LogP contribution in [0, 0.1) is 18.3 Å². The molecule has 0 saturated carbocycles. The molecule has 114 valence electrons. The first kappa shape index (κ1) is 14.6. The molecular weight excluding hydrogens is 278 g/mol. The smallest absolute Gasteiger partial charge is 0.356 e. The van der Waals surface area contributed by atoms with Crippen LogP contribution in [0.4, 0.5) is 5.69 Å². The van der Waals surface area contributed by atoms with Crippen LogP contribution >= 0.6 is 0 Å². The van der Waals surface area contributed by atoms with Crippen molar-refractivity contribution >= 4 is 16.7 Å². The summed E-state index contributed by atoms with van der Waals surface area (Å²) >= 11 is 0. The lowest BCUT2D eigenvalue weighted by atomic mass is 10.1. The lowest BCUT2D eigenvalue weighted by Gasteiger charge is -2.36. The van der Waals surface area contributed by atoms with E-state index in [4.69, 9.17) is 4.42 Å². The predicted molar refractivity (Wildman–Crippen MR) is 86.3 cm³/mol. The molecule has 2 aromatic rings. The van der Waals surface area contributed by atoms with E-state index in [0.29, 0.717) is 5.58 Å². The summed E-state index contributed by atoms with van der Waals surface area (Å²) < 4.78 is 5.32. The Kier molecular flexibility index (Phi) is 3.86. The molecule has 1 aliphatic rings. The zero-order valence-electron chi connectivity index (χ0n) is 12.9. The minimum absolute atomic E-state index is 0.112. The van der Waals surface area contributed by atoms with Gasteiger partial charge in [0.25, 0.3) is 0 Å².